The quantitative estimate of drug-likeness (QED) is 0.838. The molecular formula is C14H19NO2. The predicted molar refractivity (Wildman–Crippen MR) is 69.4 cm³/mol. The number of carbonyl (C=O) groups is 1. The lowest BCUT2D eigenvalue weighted by Gasteiger charge is -2.21. The summed E-state index contributed by atoms with van der Waals surface area (Å²) >= 11 is 0. The van der Waals surface area contributed by atoms with Crippen LogP contribution >= 0.6 is 0 Å². The fraction of sp³-hybridized carbons (Fsp3) is 0.357. The van der Waals surface area contributed by atoms with Gasteiger partial charge >= 0.3 is 0 Å². The number of aliphatic hydroxyl groups is 1. The van der Waals surface area contributed by atoms with Crippen LogP contribution < -0.4 is 5.32 Å². The van der Waals surface area contributed by atoms with Crippen molar-refractivity contribution in [3.05, 3.63) is 42.0 Å². The van der Waals surface area contributed by atoms with Crippen molar-refractivity contribution in [1.82, 2.24) is 5.32 Å². The Hall–Kier alpha value is -1.61. The zero-order valence-electron chi connectivity index (χ0n) is 10.5. The van der Waals surface area contributed by atoms with Crippen LogP contribution in [0.25, 0.3) is 6.08 Å². The Morgan fingerprint density at radius 2 is 1.88 bits per heavy atom. The second-order valence-electron chi connectivity index (χ2n) is 4.95. The third kappa shape index (κ3) is 5.31. The molecule has 0 bridgehead atoms. The van der Waals surface area contributed by atoms with Gasteiger partial charge in [0, 0.05) is 5.54 Å². The zero-order valence-corrected chi connectivity index (χ0v) is 10.5. The molecule has 0 saturated heterocycles. The van der Waals surface area contributed by atoms with E-state index in [4.69, 9.17) is 0 Å². The predicted octanol–water partition coefficient (Wildman–Crippen LogP) is 1.98. The minimum Gasteiger partial charge on any atom is -0.379 e. The lowest BCUT2D eigenvalue weighted by atomic mass is 10.1. The maximum Gasteiger partial charge on any atom is 0.253 e. The molecule has 3 heteroatoms. The van der Waals surface area contributed by atoms with Gasteiger partial charge in [-0.3, -0.25) is 4.79 Å². The van der Waals surface area contributed by atoms with Crippen LogP contribution in [0.1, 0.15) is 26.3 Å². The molecule has 0 aliphatic heterocycles. The summed E-state index contributed by atoms with van der Waals surface area (Å²) in [5.74, 6) is -0.385. The van der Waals surface area contributed by atoms with Gasteiger partial charge < -0.3 is 10.4 Å². The van der Waals surface area contributed by atoms with Crippen LogP contribution in [0.5, 0.6) is 0 Å². The number of benzene rings is 1. The molecule has 1 aromatic rings. The molecule has 0 saturated carbocycles. The number of aliphatic hydroxyl groups excluding tert-OH is 1. The van der Waals surface area contributed by atoms with Crippen molar-refractivity contribution in [2.24, 2.45) is 0 Å². The average molecular weight is 233 g/mol. The number of rotatable bonds is 3. The van der Waals surface area contributed by atoms with Crippen LogP contribution in [0.3, 0.4) is 0 Å². The van der Waals surface area contributed by atoms with Gasteiger partial charge in [-0.2, -0.15) is 0 Å². The van der Waals surface area contributed by atoms with Gasteiger partial charge in [0.15, 0.2) is 6.10 Å². The van der Waals surface area contributed by atoms with Gasteiger partial charge in [-0.25, -0.2) is 0 Å². The Kier molecular flexibility index (Phi) is 4.46. The molecular weight excluding hydrogens is 214 g/mol. The molecule has 3 nitrogen and oxygen atoms in total. The van der Waals surface area contributed by atoms with Gasteiger partial charge in [-0.05, 0) is 32.4 Å². The van der Waals surface area contributed by atoms with E-state index in [0.717, 1.165) is 5.56 Å². The van der Waals surface area contributed by atoms with E-state index in [1.807, 2.05) is 51.1 Å². The molecule has 1 aromatic carbocycles. The van der Waals surface area contributed by atoms with Crippen LogP contribution in [0.4, 0.5) is 0 Å². The molecule has 1 unspecified atom stereocenters. The van der Waals surface area contributed by atoms with Crippen molar-refractivity contribution in [3.63, 3.8) is 0 Å². The first-order valence-electron chi connectivity index (χ1n) is 5.62. The fourth-order valence-corrected chi connectivity index (χ4v) is 1.30. The molecule has 1 rings (SSSR count). The highest BCUT2D eigenvalue weighted by atomic mass is 16.3. The van der Waals surface area contributed by atoms with Gasteiger partial charge in [-0.1, -0.05) is 36.4 Å². The van der Waals surface area contributed by atoms with E-state index in [1.54, 1.807) is 6.08 Å². The maximum absolute atomic E-state index is 11.6. The molecule has 1 atom stereocenters. The summed E-state index contributed by atoms with van der Waals surface area (Å²) in [6.07, 6.45) is 2.10. The lowest BCUT2D eigenvalue weighted by molar-refractivity contribution is -0.128. The van der Waals surface area contributed by atoms with Crippen LogP contribution in [0, 0.1) is 0 Å². The van der Waals surface area contributed by atoms with E-state index >= 15 is 0 Å². The smallest absolute Gasteiger partial charge is 0.253 e. The third-order valence-electron chi connectivity index (χ3n) is 2.04. The van der Waals surface area contributed by atoms with Gasteiger partial charge in [0.25, 0.3) is 5.91 Å². The Morgan fingerprint density at radius 1 is 1.29 bits per heavy atom. The molecule has 0 fully saturated rings. The second kappa shape index (κ2) is 5.64. The summed E-state index contributed by atoms with van der Waals surface area (Å²) in [7, 11) is 0. The molecule has 2 N–H and O–H groups in total. The fourth-order valence-electron chi connectivity index (χ4n) is 1.30. The molecule has 0 heterocycles. The Balaban J connectivity index is 2.58. The molecule has 17 heavy (non-hydrogen) atoms. The average Bonchev–Trinajstić information content (AvgIpc) is 2.25. The highest BCUT2D eigenvalue weighted by molar-refractivity contribution is 5.84. The van der Waals surface area contributed by atoms with Crippen molar-refractivity contribution in [2.45, 2.75) is 32.4 Å². The zero-order chi connectivity index (χ0) is 12.9. The number of hydrogen-bond donors (Lipinski definition) is 2. The largest absolute Gasteiger partial charge is 0.379 e. The first-order chi connectivity index (χ1) is 7.88. The molecule has 92 valence electrons. The SMILES string of the molecule is CC(C)(C)NC(=O)C(O)/C=C/c1ccccc1. The van der Waals surface area contributed by atoms with Gasteiger partial charge in [0.05, 0.1) is 0 Å². The number of nitrogens with one attached hydrogen (secondary N) is 1. The molecule has 1 amide bonds. The highest BCUT2D eigenvalue weighted by Gasteiger charge is 2.18. The Morgan fingerprint density at radius 3 is 2.41 bits per heavy atom. The molecule has 0 aromatic heterocycles. The number of carbonyl (C=O) groups excluding carboxylic acids is 1. The minimum absolute atomic E-state index is 0.335. The maximum atomic E-state index is 11.6. The van der Waals surface area contributed by atoms with Crippen molar-refractivity contribution < 1.29 is 9.90 Å². The minimum atomic E-state index is -1.12. The molecule has 0 aliphatic carbocycles. The van der Waals surface area contributed by atoms with E-state index < -0.39 is 6.10 Å². The van der Waals surface area contributed by atoms with Crippen molar-refractivity contribution in [3.8, 4) is 0 Å². The molecule has 0 radical (unpaired) electrons. The second-order valence-corrected chi connectivity index (χ2v) is 4.95. The summed E-state index contributed by atoms with van der Waals surface area (Å²) in [6, 6.07) is 9.54. The van der Waals surface area contributed by atoms with Crippen LogP contribution in [0.15, 0.2) is 36.4 Å². The number of amides is 1. The Bertz CT molecular complexity index is 390. The van der Waals surface area contributed by atoms with E-state index in [9.17, 15) is 9.90 Å². The van der Waals surface area contributed by atoms with E-state index in [-0.39, 0.29) is 11.4 Å². The van der Waals surface area contributed by atoms with Gasteiger partial charge in [0.1, 0.15) is 0 Å². The standard InChI is InChI=1S/C14H19NO2/c1-14(2,3)15-13(17)12(16)10-9-11-7-5-4-6-8-11/h4-10,12,16H,1-3H3,(H,15,17)/b10-9+. The van der Waals surface area contributed by atoms with Crippen molar-refractivity contribution >= 4 is 12.0 Å². The van der Waals surface area contributed by atoms with E-state index in [2.05, 4.69) is 5.32 Å². The highest BCUT2D eigenvalue weighted by Crippen LogP contribution is 2.04. The topological polar surface area (TPSA) is 49.3 Å². The Labute approximate surface area is 102 Å². The summed E-state index contributed by atoms with van der Waals surface area (Å²) in [4.78, 5) is 11.6. The van der Waals surface area contributed by atoms with Crippen LogP contribution in [-0.2, 0) is 4.79 Å². The third-order valence-corrected chi connectivity index (χ3v) is 2.04. The van der Waals surface area contributed by atoms with Gasteiger partial charge in [-0.15, -0.1) is 0 Å². The normalized spacial score (nSPS) is 13.6. The summed E-state index contributed by atoms with van der Waals surface area (Å²) in [5, 5.41) is 12.4. The van der Waals surface area contributed by atoms with Crippen LogP contribution in [0.2, 0.25) is 0 Å². The van der Waals surface area contributed by atoms with Crippen LogP contribution in [-0.4, -0.2) is 22.7 Å². The van der Waals surface area contributed by atoms with Gasteiger partial charge in [0.2, 0.25) is 0 Å². The number of hydrogen-bond acceptors (Lipinski definition) is 2. The lowest BCUT2D eigenvalue weighted by Crippen LogP contribution is -2.45. The summed E-state index contributed by atoms with van der Waals surface area (Å²) in [6.45, 7) is 5.62. The summed E-state index contributed by atoms with van der Waals surface area (Å²) < 4.78 is 0. The van der Waals surface area contributed by atoms with Crippen molar-refractivity contribution in [2.75, 3.05) is 0 Å². The molecule has 0 aliphatic rings. The van der Waals surface area contributed by atoms with Crippen molar-refractivity contribution in [1.29, 1.82) is 0 Å². The molecule has 0 spiro atoms. The van der Waals surface area contributed by atoms with E-state index in [0.29, 0.717) is 0 Å². The first kappa shape index (κ1) is 13.5. The summed E-state index contributed by atoms with van der Waals surface area (Å²) in [5.41, 5.74) is 0.619. The monoisotopic (exact) mass is 233 g/mol. The van der Waals surface area contributed by atoms with E-state index in [1.165, 1.54) is 6.08 Å². The first-order valence-corrected chi connectivity index (χ1v) is 5.62.